The van der Waals surface area contributed by atoms with Crippen molar-refractivity contribution < 1.29 is 9.59 Å². The standard InChI is InChI=1S/C21H33N3OS2.C6H7N3O/c1-4-23(2)21(25)20(26-3)10-11-22-19-9-5-7-18(17-19)8-6-12-24-13-15-27-16-14-24;1-5(4-8)6(10)9-3-2-7/h5,7,9-11,17,20,22H,4,6,8,12-16H2,1-3H3;5H,3H2,1H3,(H,9,10). The number of benzene rings is 1. The summed E-state index contributed by atoms with van der Waals surface area (Å²) in [4.78, 5) is 27.3. The number of thioether (sulfide) groups is 2. The third kappa shape index (κ3) is 13.5. The number of nitrogens with zero attached hydrogens (tertiary/aromatic N) is 4. The lowest BCUT2D eigenvalue weighted by molar-refractivity contribution is -0.128. The normalized spacial score (nSPS) is 14.9. The number of rotatable bonds is 12. The molecule has 0 spiro atoms. The minimum absolute atomic E-state index is 0.0369. The van der Waals surface area contributed by atoms with Crippen LogP contribution in [0.3, 0.4) is 0 Å². The van der Waals surface area contributed by atoms with Gasteiger partial charge in [0, 0.05) is 43.9 Å². The average Bonchev–Trinajstić information content (AvgIpc) is 2.94. The van der Waals surface area contributed by atoms with E-state index in [0.717, 1.165) is 18.7 Å². The van der Waals surface area contributed by atoms with E-state index >= 15 is 0 Å². The number of nitrogens with one attached hydrogen (secondary N) is 2. The molecule has 2 amide bonds. The Bertz CT molecular complexity index is 938. The van der Waals surface area contributed by atoms with E-state index in [1.165, 1.54) is 50.0 Å². The number of carbonyl (C=O) groups excluding carboxylic acids is 2. The van der Waals surface area contributed by atoms with Crippen LogP contribution in [0.25, 0.3) is 0 Å². The largest absolute Gasteiger partial charge is 0.362 e. The minimum Gasteiger partial charge on any atom is -0.362 e. The number of anilines is 1. The molecule has 0 aliphatic carbocycles. The van der Waals surface area contributed by atoms with Crippen molar-refractivity contribution in [1.82, 2.24) is 15.1 Å². The SMILES string of the molecule is CC(C#N)C(=O)NCC#N.CCN(C)C(=O)C(C=CNc1cccc(CCCN2CCSCC2)c1)SC. The van der Waals surface area contributed by atoms with Crippen molar-refractivity contribution >= 4 is 41.0 Å². The zero-order valence-corrected chi connectivity index (χ0v) is 24.0. The van der Waals surface area contributed by atoms with Crippen LogP contribution in [0.1, 0.15) is 25.8 Å². The molecule has 1 aromatic rings. The molecule has 1 fully saturated rings. The number of hydrogen-bond donors (Lipinski definition) is 2. The van der Waals surface area contributed by atoms with Crippen LogP contribution in [-0.4, -0.2) is 84.4 Å². The Kier molecular flexibility index (Phi) is 17.0. The fourth-order valence-electron chi connectivity index (χ4n) is 3.35. The van der Waals surface area contributed by atoms with E-state index in [1.54, 1.807) is 28.8 Å². The molecule has 2 unspecified atom stereocenters. The van der Waals surface area contributed by atoms with E-state index in [1.807, 2.05) is 32.5 Å². The van der Waals surface area contributed by atoms with Crippen LogP contribution in [0.15, 0.2) is 36.5 Å². The minimum atomic E-state index is -0.673. The van der Waals surface area contributed by atoms with Gasteiger partial charge < -0.3 is 20.4 Å². The molecule has 1 aliphatic rings. The summed E-state index contributed by atoms with van der Waals surface area (Å²) >= 11 is 3.62. The summed E-state index contributed by atoms with van der Waals surface area (Å²) in [7, 11) is 1.85. The summed E-state index contributed by atoms with van der Waals surface area (Å²) in [5, 5.41) is 21.7. The van der Waals surface area contributed by atoms with Crippen molar-refractivity contribution in [1.29, 1.82) is 10.5 Å². The Hall–Kier alpha value is -2.66. The Labute approximate surface area is 230 Å². The van der Waals surface area contributed by atoms with E-state index in [-0.39, 0.29) is 17.7 Å². The second kappa shape index (κ2) is 19.5. The summed E-state index contributed by atoms with van der Waals surface area (Å²) in [6.45, 7) is 7.83. The molecule has 1 saturated heterocycles. The molecule has 8 nitrogen and oxygen atoms in total. The van der Waals surface area contributed by atoms with Gasteiger partial charge in [-0.3, -0.25) is 9.59 Å². The Morgan fingerprint density at radius 1 is 1.30 bits per heavy atom. The molecule has 1 aromatic carbocycles. The molecular formula is C27H40N6O2S2. The number of hydrogen-bond acceptors (Lipinski definition) is 8. The number of nitriles is 2. The summed E-state index contributed by atoms with van der Waals surface area (Å²) in [6.07, 6.45) is 8.12. The molecule has 2 atom stereocenters. The molecule has 0 saturated carbocycles. The van der Waals surface area contributed by atoms with E-state index < -0.39 is 11.8 Å². The second-order valence-electron chi connectivity index (χ2n) is 8.50. The maximum Gasteiger partial charge on any atom is 0.239 e. The van der Waals surface area contributed by atoms with Crippen LogP contribution < -0.4 is 10.6 Å². The van der Waals surface area contributed by atoms with Crippen molar-refractivity contribution in [3.63, 3.8) is 0 Å². The van der Waals surface area contributed by atoms with Crippen molar-refractivity contribution in [3.8, 4) is 12.1 Å². The van der Waals surface area contributed by atoms with Crippen LogP contribution >= 0.6 is 23.5 Å². The molecule has 37 heavy (non-hydrogen) atoms. The summed E-state index contributed by atoms with van der Waals surface area (Å²) in [6, 6.07) is 12.1. The van der Waals surface area contributed by atoms with Gasteiger partial charge in [-0.25, -0.2) is 0 Å². The lowest BCUT2D eigenvalue weighted by Gasteiger charge is -2.25. The first kappa shape index (κ1) is 32.4. The van der Waals surface area contributed by atoms with Crippen LogP contribution in [0.2, 0.25) is 0 Å². The molecule has 2 rings (SSSR count). The fraction of sp³-hybridized carbons (Fsp3) is 0.556. The van der Waals surface area contributed by atoms with Gasteiger partial charge in [-0.2, -0.15) is 22.3 Å². The van der Waals surface area contributed by atoms with Gasteiger partial charge in [-0.05, 0) is 69.5 Å². The van der Waals surface area contributed by atoms with Gasteiger partial charge in [0.1, 0.15) is 17.7 Å². The molecule has 1 aliphatic heterocycles. The average molecular weight is 545 g/mol. The van der Waals surface area contributed by atoms with E-state index in [4.69, 9.17) is 10.5 Å². The van der Waals surface area contributed by atoms with Gasteiger partial charge in [0.25, 0.3) is 0 Å². The molecule has 0 bridgehead atoms. The van der Waals surface area contributed by atoms with Gasteiger partial charge in [-0.15, -0.1) is 11.8 Å². The maximum absolute atomic E-state index is 12.3. The van der Waals surface area contributed by atoms with Gasteiger partial charge in [0.2, 0.25) is 11.8 Å². The smallest absolute Gasteiger partial charge is 0.239 e. The summed E-state index contributed by atoms with van der Waals surface area (Å²) in [5.74, 6) is 1.63. The molecule has 0 aromatic heterocycles. The Morgan fingerprint density at radius 2 is 2.03 bits per heavy atom. The zero-order valence-electron chi connectivity index (χ0n) is 22.4. The molecule has 1 heterocycles. The molecule has 10 heteroatoms. The number of amides is 2. The first-order valence-electron chi connectivity index (χ1n) is 12.5. The third-order valence-electron chi connectivity index (χ3n) is 5.77. The first-order chi connectivity index (χ1) is 17.9. The van der Waals surface area contributed by atoms with Gasteiger partial charge >= 0.3 is 0 Å². The lowest BCUT2D eigenvalue weighted by atomic mass is 10.1. The predicted molar refractivity (Wildman–Crippen MR) is 155 cm³/mol. The van der Waals surface area contributed by atoms with Crippen LogP contribution in [0.4, 0.5) is 5.69 Å². The van der Waals surface area contributed by atoms with Crippen molar-refractivity contribution in [2.75, 3.05) is 62.8 Å². The highest BCUT2D eigenvalue weighted by molar-refractivity contribution is 8.00. The van der Waals surface area contributed by atoms with Crippen LogP contribution in [-0.2, 0) is 16.0 Å². The van der Waals surface area contributed by atoms with E-state index in [9.17, 15) is 9.59 Å². The molecule has 202 valence electrons. The number of aryl methyl sites for hydroxylation is 1. The van der Waals surface area contributed by atoms with Crippen molar-refractivity contribution in [3.05, 3.63) is 42.1 Å². The highest BCUT2D eigenvalue weighted by atomic mass is 32.2. The molecule has 2 N–H and O–H groups in total. The molecular weight excluding hydrogens is 504 g/mol. The third-order valence-corrected chi connectivity index (χ3v) is 7.58. The van der Waals surface area contributed by atoms with Gasteiger partial charge in [0.15, 0.2) is 0 Å². The lowest BCUT2D eigenvalue weighted by Crippen LogP contribution is -2.33. The first-order valence-corrected chi connectivity index (χ1v) is 14.9. The highest BCUT2D eigenvalue weighted by Gasteiger charge is 2.17. The van der Waals surface area contributed by atoms with Gasteiger partial charge in [-0.1, -0.05) is 12.1 Å². The maximum atomic E-state index is 12.3. The van der Waals surface area contributed by atoms with Crippen LogP contribution in [0.5, 0.6) is 0 Å². The predicted octanol–water partition coefficient (Wildman–Crippen LogP) is 3.59. The van der Waals surface area contributed by atoms with E-state index in [2.05, 4.69) is 51.6 Å². The van der Waals surface area contributed by atoms with Crippen molar-refractivity contribution in [2.24, 2.45) is 5.92 Å². The quantitative estimate of drug-likeness (QED) is 0.384. The van der Waals surface area contributed by atoms with E-state index in [0.29, 0.717) is 0 Å². The zero-order chi connectivity index (χ0) is 27.5. The second-order valence-corrected chi connectivity index (χ2v) is 10.7. The van der Waals surface area contributed by atoms with Crippen LogP contribution in [0, 0.1) is 28.6 Å². The van der Waals surface area contributed by atoms with Crippen molar-refractivity contribution in [2.45, 2.75) is 31.9 Å². The summed E-state index contributed by atoms with van der Waals surface area (Å²) in [5.41, 5.74) is 2.44. The monoisotopic (exact) mass is 544 g/mol. The van der Waals surface area contributed by atoms with Gasteiger partial charge in [0.05, 0.1) is 12.1 Å². The molecule has 0 radical (unpaired) electrons. The highest BCUT2D eigenvalue weighted by Crippen LogP contribution is 2.15. The topological polar surface area (TPSA) is 112 Å². The number of carbonyl (C=O) groups is 2. The summed E-state index contributed by atoms with van der Waals surface area (Å²) < 4.78 is 0. The fourth-order valence-corrected chi connectivity index (χ4v) is 4.95. The Balaban J connectivity index is 0.000000580. The Morgan fingerprint density at radius 3 is 2.65 bits per heavy atom.